The Morgan fingerprint density at radius 2 is 1.86 bits per heavy atom. The van der Waals surface area contributed by atoms with Gasteiger partial charge in [0, 0.05) is 0 Å². The maximum absolute atomic E-state index is 12.2. The van der Waals surface area contributed by atoms with Crippen LogP contribution in [0.3, 0.4) is 0 Å². The van der Waals surface area contributed by atoms with E-state index >= 15 is 0 Å². The standard InChI is InChI=1S/C19H19N3O5S/c1-12-7-9-14(10-8-12)28(25,26)20-11-17(23)27-13(2)18-21-16-6-4-3-5-15(16)19(24)22-18/h3-10,13,20H,11H2,1-2H3,(H,21,22,24)/t13-/m0/s1. The van der Waals surface area contributed by atoms with Crippen molar-refractivity contribution >= 4 is 26.9 Å². The van der Waals surface area contributed by atoms with Crippen LogP contribution in [0.4, 0.5) is 0 Å². The third-order valence-corrected chi connectivity index (χ3v) is 5.48. The molecule has 9 heteroatoms. The smallest absolute Gasteiger partial charge is 0.321 e. The van der Waals surface area contributed by atoms with E-state index in [1.54, 1.807) is 43.3 Å². The van der Waals surface area contributed by atoms with Gasteiger partial charge in [-0.2, -0.15) is 4.72 Å². The summed E-state index contributed by atoms with van der Waals surface area (Å²) in [6.07, 6.45) is -0.853. The van der Waals surface area contributed by atoms with Crippen molar-refractivity contribution in [2.75, 3.05) is 6.54 Å². The molecule has 0 radical (unpaired) electrons. The van der Waals surface area contributed by atoms with Gasteiger partial charge in [-0.3, -0.25) is 9.59 Å². The van der Waals surface area contributed by atoms with Crippen LogP contribution in [0.25, 0.3) is 10.9 Å². The first-order chi connectivity index (χ1) is 13.3. The molecule has 146 valence electrons. The number of ether oxygens (including phenoxy) is 1. The summed E-state index contributed by atoms with van der Waals surface area (Å²) in [5, 5.41) is 0.427. The van der Waals surface area contributed by atoms with Gasteiger partial charge in [0.1, 0.15) is 6.54 Å². The third kappa shape index (κ3) is 4.44. The lowest BCUT2D eigenvalue weighted by atomic mass is 10.2. The number of hydrogen-bond acceptors (Lipinski definition) is 6. The minimum Gasteiger partial charge on any atom is -0.454 e. The van der Waals surface area contributed by atoms with Crippen molar-refractivity contribution in [2.45, 2.75) is 24.8 Å². The zero-order chi connectivity index (χ0) is 20.3. The van der Waals surface area contributed by atoms with Crippen molar-refractivity contribution in [2.24, 2.45) is 0 Å². The molecule has 0 saturated carbocycles. The fraction of sp³-hybridized carbons (Fsp3) is 0.211. The summed E-state index contributed by atoms with van der Waals surface area (Å²) in [4.78, 5) is 31.1. The van der Waals surface area contributed by atoms with Crippen molar-refractivity contribution < 1.29 is 17.9 Å². The minimum absolute atomic E-state index is 0.0551. The molecular formula is C19H19N3O5S. The molecule has 1 aromatic heterocycles. The molecule has 3 rings (SSSR count). The van der Waals surface area contributed by atoms with E-state index < -0.39 is 28.6 Å². The number of aromatic nitrogens is 2. The van der Waals surface area contributed by atoms with E-state index in [4.69, 9.17) is 4.74 Å². The number of rotatable bonds is 6. The average Bonchev–Trinajstić information content (AvgIpc) is 2.67. The van der Waals surface area contributed by atoms with Crippen LogP contribution in [-0.4, -0.2) is 30.9 Å². The number of esters is 1. The Hall–Kier alpha value is -3.04. The predicted octanol–water partition coefficient (Wildman–Crippen LogP) is 1.81. The van der Waals surface area contributed by atoms with Gasteiger partial charge in [-0.1, -0.05) is 29.8 Å². The van der Waals surface area contributed by atoms with Crippen LogP contribution in [0.15, 0.2) is 58.2 Å². The van der Waals surface area contributed by atoms with Gasteiger partial charge in [0.05, 0.1) is 15.8 Å². The van der Waals surface area contributed by atoms with Crippen LogP contribution in [-0.2, 0) is 19.6 Å². The normalized spacial score (nSPS) is 12.6. The van der Waals surface area contributed by atoms with Crippen LogP contribution >= 0.6 is 0 Å². The molecule has 0 spiro atoms. The van der Waals surface area contributed by atoms with E-state index in [9.17, 15) is 18.0 Å². The molecule has 0 amide bonds. The number of carbonyl (C=O) groups is 1. The molecule has 28 heavy (non-hydrogen) atoms. The van der Waals surface area contributed by atoms with Crippen LogP contribution in [0.1, 0.15) is 24.4 Å². The summed E-state index contributed by atoms with van der Waals surface area (Å²) in [6, 6.07) is 13.0. The fourth-order valence-corrected chi connectivity index (χ4v) is 3.52. The van der Waals surface area contributed by atoms with E-state index in [-0.39, 0.29) is 16.3 Å². The number of fused-ring (bicyclic) bond motifs is 1. The molecule has 0 saturated heterocycles. The lowest BCUT2D eigenvalue weighted by molar-refractivity contribution is -0.147. The van der Waals surface area contributed by atoms with Crippen LogP contribution < -0.4 is 10.3 Å². The molecule has 0 aliphatic carbocycles. The van der Waals surface area contributed by atoms with Gasteiger partial charge in [0.25, 0.3) is 5.56 Å². The SMILES string of the molecule is Cc1ccc(S(=O)(=O)NCC(=O)O[C@@H](C)c2nc3ccccc3c(=O)[nH]2)cc1. The summed E-state index contributed by atoms with van der Waals surface area (Å²) in [5.74, 6) is -0.613. The summed E-state index contributed by atoms with van der Waals surface area (Å²) in [5.41, 5.74) is 1.05. The number of benzene rings is 2. The molecule has 0 aliphatic rings. The number of aromatic amines is 1. The van der Waals surface area contributed by atoms with Gasteiger partial charge >= 0.3 is 5.97 Å². The minimum atomic E-state index is -3.83. The Kier molecular flexibility index (Phi) is 5.57. The number of nitrogens with zero attached hydrogens (tertiary/aromatic N) is 1. The number of carbonyl (C=O) groups excluding carboxylic acids is 1. The molecule has 2 N–H and O–H groups in total. The topological polar surface area (TPSA) is 118 Å². The first-order valence-electron chi connectivity index (χ1n) is 8.51. The van der Waals surface area contributed by atoms with Gasteiger partial charge in [-0.15, -0.1) is 0 Å². The first-order valence-corrected chi connectivity index (χ1v) is 9.99. The van der Waals surface area contributed by atoms with Gasteiger partial charge in [-0.05, 0) is 38.1 Å². The van der Waals surface area contributed by atoms with Crippen molar-refractivity contribution in [3.8, 4) is 0 Å². The highest BCUT2D eigenvalue weighted by Gasteiger charge is 2.19. The Morgan fingerprint density at radius 1 is 1.18 bits per heavy atom. The van der Waals surface area contributed by atoms with Crippen molar-refractivity contribution in [3.63, 3.8) is 0 Å². The highest BCUT2D eigenvalue weighted by molar-refractivity contribution is 7.89. The molecule has 3 aromatic rings. The number of H-pyrrole nitrogens is 1. The van der Waals surface area contributed by atoms with Gasteiger partial charge in [-0.25, -0.2) is 13.4 Å². The number of sulfonamides is 1. The fourth-order valence-electron chi connectivity index (χ4n) is 2.55. The second kappa shape index (κ2) is 7.91. The van der Waals surface area contributed by atoms with Gasteiger partial charge < -0.3 is 9.72 Å². The molecular weight excluding hydrogens is 382 g/mol. The van der Waals surface area contributed by atoms with Crippen molar-refractivity contribution in [1.82, 2.24) is 14.7 Å². The summed E-state index contributed by atoms with van der Waals surface area (Å²) >= 11 is 0. The van der Waals surface area contributed by atoms with E-state index in [0.29, 0.717) is 10.9 Å². The van der Waals surface area contributed by atoms with Gasteiger partial charge in [0.15, 0.2) is 11.9 Å². The molecule has 0 unspecified atom stereocenters. The Labute approximate surface area is 161 Å². The lowest BCUT2D eigenvalue weighted by Gasteiger charge is -2.13. The summed E-state index contributed by atoms with van der Waals surface area (Å²) < 4.78 is 31.8. The Morgan fingerprint density at radius 3 is 2.57 bits per heavy atom. The quantitative estimate of drug-likeness (QED) is 0.608. The monoisotopic (exact) mass is 401 g/mol. The summed E-state index contributed by atoms with van der Waals surface area (Å²) in [6.45, 7) is 2.84. The number of nitrogens with one attached hydrogen (secondary N) is 2. The van der Waals surface area contributed by atoms with Crippen LogP contribution in [0.5, 0.6) is 0 Å². The number of aryl methyl sites for hydroxylation is 1. The van der Waals surface area contributed by atoms with Gasteiger partial charge in [0.2, 0.25) is 10.0 Å². The maximum atomic E-state index is 12.2. The molecule has 0 bridgehead atoms. The predicted molar refractivity (Wildman–Crippen MR) is 103 cm³/mol. The van der Waals surface area contributed by atoms with Crippen molar-refractivity contribution in [3.05, 3.63) is 70.3 Å². The summed E-state index contributed by atoms with van der Waals surface area (Å²) in [7, 11) is -3.83. The molecule has 0 fully saturated rings. The van der Waals surface area contributed by atoms with Crippen LogP contribution in [0.2, 0.25) is 0 Å². The molecule has 1 heterocycles. The maximum Gasteiger partial charge on any atom is 0.321 e. The van der Waals surface area contributed by atoms with Crippen LogP contribution in [0, 0.1) is 6.92 Å². The lowest BCUT2D eigenvalue weighted by Crippen LogP contribution is -2.31. The second-order valence-corrected chi connectivity index (χ2v) is 8.00. The molecule has 1 atom stereocenters. The zero-order valence-electron chi connectivity index (χ0n) is 15.3. The number of hydrogen-bond donors (Lipinski definition) is 2. The second-order valence-electron chi connectivity index (χ2n) is 6.24. The number of para-hydroxylation sites is 1. The first kappa shape index (κ1) is 19.7. The third-order valence-electron chi connectivity index (χ3n) is 4.06. The zero-order valence-corrected chi connectivity index (χ0v) is 16.1. The Bertz CT molecular complexity index is 1170. The average molecular weight is 401 g/mol. The van der Waals surface area contributed by atoms with E-state index in [0.717, 1.165) is 5.56 Å². The molecule has 8 nitrogen and oxygen atoms in total. The highest BCUT2D eigenvalue weighted by atomic mass is 32.2. The van der Waals surface area contributed by atoms with E-state index in [1.165, 1.54) is 12.1 Å². The van der Waals surface area contributed by atoms with E-state index in [1.807, 2.05) is 6.92 Å². The highest BCUT2D eigenvalue weighted by Crippen LogP contribution is 2.14. The largest absolute Gasteiger partial charge is 0.454 e. The Balaban J connectivity index is 1.66. The van der Waals surface area contributed by atoms with E-state index in [2.05, 4.69) is 14.7 Å². The molecule has 0 aliphatic heterocycles. The molecule has 2 aromatic carbocycles. The van der Waals surface area contributed by atoms with Crippen molar-refractivity contribution in [1.29, 1.82) is 0 Å².